The second-order valence-electron chi connectivity index (χ2n) is 7.93. The van der Waals surface area contributed by atoms with Crippen LogP contribution in [0.2, 0.25) is 0 Å². The van der Waals surface area contributed by atoms with Crippen molar-refractivity contribution in [3.05, 3.63) is 52.9 Å². The van der Waals surface area contributed by atoms with Crippen LogP contribution in [0.15, 0.2) is 52.0 Å². The molecule has 0 spiro atoms. The smallest absolute Gasteiger partial charge is 0.243 e. The van der Waals surface area contributed by atoms with Gasteiger partial charge < -0.3 is 4.57 Å². The van der Waals surface area contributed by atoms with Crippen molar-refractivity contribution >= 4 is 37.1 Å². The van der Waals surface area contributed by atoms with Gasteiger partial charge in [0.15, 0.2) is 5.65 Å². The molecule has 4 rings (SSSR count). The number of sulfonamides is 1. The first kappa shape index (κ1) is 20.5. The normalized spacial score (nSPS) is 16.7. The molecule has 0 bridgehead atoms. The molecule has 0 amide bonds. The number of rotatable bonds is 5. The average molecular weight is 477 g/mol. The molecule has 1 aromatic carbocycles. The molecule has 6 nitrogen and oxygen atoms in total. The van der Waals surface area contributed by atoms with E-state index in [4.69, 9.17) is 4.98 Å². The van der Waals surface area contributed by atoms with Gasteiger partial charge in [0.2, 0.25) is 10.0 Å². The summed E-state index contributed by atoms with van der Waals surface area (Å²) in [5.41, 5.74) is 1.81. The second kappa shape index (κ2) is 8.16. The first-order valence-electron chi connectivity index (χ1n) is 9.94. The van der Waals surface area contributed by atoms with E-state index in [0.717, 1.165) is 40.7 Å². The third-order valence-corrected chi connectivity index (χ3v) is 7.79. The van der Waals surface area contributed by atoms with E-state index in [1.165, 1.54) is 0 Å². The number of hydrogen-bond donors (Lipinski definition) is 0. The molecule has 154 valence electrons. The van der Waals surface area contributed by atoms with E-state index < -0.39 is 10.0 Å². The zero-order valence-corrected chi connectivity index (χ0v) is 19.0. The van der Waals surface area contributed by atoms with Crippen LogP contribution in [0, 0.1) is 5.92 Å². The Kier molecular flexibility index (Phi) is 5.77. The molecule has 0 atom stereocenters. The van der Waals surface area contributed by atoms with Gasteiger partial charge in [0, 0.05) is 36.2 Å². The van der Waals surface area contributed by atoms with E-state index in [9.17, 15) is 8.42 Å². The second-order valence-corrected chi connectivity index (χ2v) is 10.8. The molecule has 29 heavy (non-hydrogen) atoms. The molecule has 8 heteroatoms. The molecule has 1 fully saturated rings. The molecule has 3 heterocycles. The number of pyridine rings is 1. The van der Waals surface area contributed by atoms with Crippen LogP contribution < -0.4 is 0 Å². The molecule has 3 aromatic rings. The lowest BCUT2D eigenvalue weighted by molar-refractivity contribution is 0.272. The van der Waals surface area contributed by atoms with Gasteiger partial charge in [-0.2, -0.15) is 4.31 Å². The molecule has 2 aromatic heterocycles. The van der Waals surface area contributed by atoms with Gasteiger partial charge in [0.1, 0.15) is 11.3 Å². The maximum Gasteiger partial charge on any atom is 0.243 e. The van der Waals surface area contributed by atoms with E-state index in [2.05, 4.69) is 39.3 Å². The topological polar surface area (TPSA) is 68.1 Å². The summed E-state index contributed by atoms with van der Waals surface area (Å²) >= 11 is 3.36. The lowest BCUT2D eigenvalue weighted by Gasteiger charge is -2.32. The van der Waals surface area contributed by atoms with E-state index in [1.54, 1.807) is 34.8 Å². The molecular formula is C21H25BrN4O2S. The Labute approximate surface area is 180 Å². The summed E-state index contributed by atoms with van der Waals surface area (Å²) in [6.07, 6.45) is 4.19. The van der Waals surface area contributed by atoms with Crippen molar-refractivity contribution in [1.29, 1.82) is 0 Å². The molecule has 0 saturated carbocycles. The van der Waals surface area contributed by atoms with Crippen molar-refractivity contribution in [3.8, 4) is 0 Å². The predicted octanol–water partition coefficient (Wildman–Crippen LogP) is 4.42. The Bertz CT molecular complexity index is 1100. The SMILES string of the molecule is CC(C)Cc1nc2cccnc2n1C1CCN(S(=O)(=O)c2ccc(Br)cc2)CC1. The van der Waals surface area contributed by atoms with E-state index in [1.807, 2.05) is 12.1 Å². The van der Waals surface area contributed by atoms with E-state index in [-0.39, 0.29) is 6.04 Å². The number of halogens is 1. The van der Waals surface area contributed by atoms with Gasteiger partial charge >= 0.3 is 0 Å². The number of fused-ring (bicyclic) bond motifs is 1. The van der Waals surface area contributed by atoms with Crippen molar-refractivity contribution < 1.29 is 8.42 Å². The molecule has 0 aliphatic carbocycles. The van der Waals surface area contributed by atoms with E-state index in [0.29, 0.717) is 23.9 Å². The molecule has 1 aliphatic rings. The highest BCUT2D eigenvalue weighted by Crippen LogP contribution is 2.31. The summed E-state index contributed by atoms with van der Waals surface area (Å²) in [4.78, 5) is 9.73. The molecule has 1 aliphatic heterocycles. The van der Waals surface area contributed by atoms with Crippen LogP contribution >= 0.6 is 15.9 Å². The Hall–Kier alpha value is -1.77. The molecule has 1 saturated heterocycles. The fourth-order valence-corrected chi connectivity index (χ4v) is 5.70. The maximum absolute atomic E-state index is 13.0. The third-order valence-electron chi connectivity index (χ3n) is 5.35. The summed E-state index contributed by atoms with van der Waals surface area (Å²) in [6.45, 7) is 5.36. The summed E-state index contributed by atoms with van der Waals surface area (Å²) in [5.74, 6) is 1.53. The third kappa shape index (κ3) is 4.11. The first-order chi connectivity index (χ1) is 13.9. The van der Waals surface area contributed by atoms with Gasteiger partial charge in [-0.25, -0.2) is 18.4 Å². The van der Waals surface area contributed by atoms with Gasteiger partial charge in [-0.15, -0.1) is 0 Å². The number of piperidine rings is 1. The number of hydrogen-bond acceptors (Lipinski definition) is 4. The van der Waals surface area contributed by atoms with Crippen molar-refractivity contribution in [2.75, 3.05) is 13.1 Å². The summed E-state index contributed by atoms with van der Waals surface area (Å²) < 4.78 is 30.7. The van der Waals surface area contributed by atoms with Crippen LogP contribution in [-0.4, -0.2) is 40.3 Å². The van der Waals surface area contributed by atoms with E-state index >= 15 is 0 Å². The van der Waals surface area contributed by atoms with Crippen molar-refractivity contribution in [1.82, 2.24) is 18.8 Å². The van der Waals surface area contributed by atoms with Gasteiger partial charge in [-0.3, -0.25) is 0 Å². The Morgan fingerprint density at radius 3 is 2.48 bits per heavy atom. The van der Waals surface area contributed by atoms with Crippen LogP contribution in [0.5, 0.6) is 0 Å². The van der Waals surface area contributed by atoms with Crippen molar-refractivity contribution in [2.24, 2.45) is 5.92 Å². The molecule has 0 N–H and O–H groups in total. The molecule has 0 radical (unpaired) electrons. The van der Waals surface area contributed by atoms with Crippen molar-refractivity contribution in [3.63, 3.8) is 0 Å². The largest absolute Gasteiger partial charge is 0.309 e. The highest BCUT2D eigenvalue weighted by atomic mass is 79.9. The fraction of sp³-hybridized carbons (Fsp3) is 0.429. The number of imidazole rings is 1. The van der Waals surface area contributed by atoms with Crippen molar-refractivity contribution in [2.45, 2.75) is 44.0 Å². The number of benzene rings is 1. The Balaban J connectivity index is 1.58. The number of aromatic nitrogens is 3. The van der Waals surface area contributed by atoms with Crippen LogP contribution in [0.4, 0.5) is 0 Å². The Morgan fingerprint density at radius 1 is 1.14 bits per heavy atom. The zero-order chi connectivity index (χ0) is 20.6. The minimum atomic E-state index is -3.47. The van der Waals surface area contributed by atoms with Gasteiger partial charge in [0.05, 0.1) is 4.90 Å². The zero-order valence-electron chi connectivity index (χ0n) is 16.6. The van der Waals surface area contributed by atoms with Gasteiger partial charge in [-0.1, -0.05) is 29.8 Å². The monoisotopic (exact) mass is 476 g/mol. The van der Waals surface area contributed by atoms with Crippen LogP contribution in [0.25, 0.3) is 11.2 Å². The molecule has 0 unspecified atom stereocenters. The Morgan fingerprint density at radius 2 is 1.83 bits per heavy atom. The van der Waals surface area contributed by atoms with Crippen LogP contribution in [0.3, 0.4) is 0 Å². The summed E-state index contributed by atoms with van der Waals surface area (Å²) in [7, 11) is -3.47. The number of nitrogens with zero attached hydrogens (tertiary/aromatic N) is 4. The van der Waals surface area contributed by atoms with Crippen LogP contribution in [-0.2, 0) is 16.4 Å². The average Bonchev–Trinajstić information content (AvgIpc) is 3.05. The van der Waals surface area contributed by atoms with Gasteiger partial charge in [0.25, 0.3) is 0 Å². The highest BCUT2D eigenvalue weighted by Gasteiger charge is 2.31. The summed E-state index contributed by atoms with van der Waals surface area (Å²) in [6, 6.07) is 10.9. The lowest BCUT2D eigenvalue weighted by atomic mass is 10.1. The highest BCUT2D eigenvalue weighted by molar-refractivity contribution is 9.10. The summed E-state index contributed by atoms with van der Waals surface area (Å²) in [5, 5.41) is 0. The van der Waals surface area contributed by atoms with Crippen LogP contribution in [0.1, 0.15) is 38.6 Å². The standard InChI is InChI=1S/C21H25BrN4O2S/c1-15(2)14-20-24-19-4-3-11-23-21(19)26(20)17-9-12-25(13-10-17)29(27,28)18-7-5-16(22)6-8-18/h3-8,11,15,17H,9-10,12-14H2,1-2H3. The van der Waals surface area contributed by atoms with Gasteiger partial charge in [-0.05, 0) is 55.2 Å². The first-order valence-corrected chi connectivity index (χ1v) is 12.2. The maximum atomic E-state index is 13.0. The quantitative estimate of drug-likeness (QED) is 0.546. The predicted molar refractivity (Wildman–Crippen MR) is 117 cm³/mol. The molecular weight excluding hydrogens is 452 g/mol. The minimum Gasteiger partial charge on any atom is -0.309 e. The lowest BCUT2D eigenvalue weighted by Crippen LogP contribution is -2.39. The fourth-order valence-electron chi connectivity index (χ4n) is 3.97. The minimum absolute atomic E-state index is 0.208.